The van der Waals surface area contributed by atoms with E-state index in [4.69, 9.17) is 20.4 Å². The van der Waals surface area contributed by atoms with Gasteiger partial charge in [-0.1, -0.05) is 188 Å². The van der Waals surface area contributed by atoms with E-state index in [9.17, 15) is 6.85 Å². The first-order chi connectivity index (χ1) is 34.5. The number of nitrogens with zero attached hydrogens (tertiary/aromatic N) is 4. The van der Waals surface area contributed by atoms with Crippen molar-refractivity contribution in [2.45, 2.75) is 0 Å². The van der Waals surface area contributed by atoms with Gasteiger partial charge in [0.25, 0.3) is 0 Å². The van der Waals surface area contributed by atoms with Gasteiger partial charge in [0, 0.05) is 47.6 Å². The highest BCUT2D eigenvalue weighted by molar-refractivity contribution is 7.26. The van der Waals surface area contributed by atoms with Crippen LogP contribution in [0.15, 0.2) is 218 Å². The van der Waals surface area contributed by atoms with Crippen LogP contribution in [-0.4, -0.2) is 19.5 Å². The molecule has 290 valence electrons. The number of aromatic nitrogens is 4. The summed E-state index contributed by atoms with van der Waals surface area (Å²) in [5.41, 5.74) is 6.72. The van der Waals surface area contributed by atoms with Crippen LogP contribution in [0.4, 0.5) is 0 Å². The van der Waals surface area contributed by atoms with E-state index in [1.165, 1.54) is 49.5 Å². The third-order valence-electron chi connectivity index (χ3n) is 11.2. The minimum absolute atomic E-state index is 0.0246. The third kappa shape index (κ3) is 6.09. The Kier molecular flexibility index (Phi) is 6.67. The lowest BCUT2D eigenvalue weighted by molar-refractivity contribution is 1.06. The van der Waals surface area contributed by atoms with Gasteiger partial charge in [-0.25, -0.2) is 15.0 Å². The minimum Gasteiger partial charge on any atom is -0.309 e. The first-order valence-corrected chi connectivity index (χ1v) is 20.9. The molecule has 0 atom stereocenters. The molecule has 12 rings (SSSR count). The average molecular weight is 818 g/mol. The highest BCUT2D eigenvalue weighted by Crippen LogP contribution is 2.44. The second kappa shape index (κ2) is 14.9. The molecule has 0 radical (unpaired) electrons. The van der Waals surface area contributed by atoms with Gasteiger partial charge in [0.15, 0.2) is 17.5 Å². The Balaban J connectivity index is 1.04. The van der Waals surface area contributed by atoms with Gasteiger partial charge < -0.3 is 4.57 Å². The number of hydrogen-bond acceptors (Lipinski definition) is 4. The lowest BCUT2D eigenvalue weighted by Gasteiger charge is -2.15. The molecule has 12 aromatic rings. The van der Waals surface area contributed by atoms with Gasteiger partial charge in [0.2, 0.25) is 0 Å². The van der Waals surface area contributed by atoms with Gasteiger partial charge in [0.1, 0.15) is 0 Å². The van der Waals surface area contributed by atoms with Crippen LogP contribution in [0.2, 0.25) is 0 Å². The molecule has 4 nitrogen and oxygen atoms in total. The lowest BCUT2D eigenvalue weighted by Crippen LogP contribution is -2.03. The summed E-state index contributed by atoms with van der Waals surface area (Å²) in [5.74, 6) is 1.05. The SMILES string of the molecule is [2H]c1cc([2H])c(-c2c([2H])c([2H])c3c(c2[2H])c2c([2H])c([2H])cc([2H])c2n3-c2ccccc2-c2nc(-c3ccccc3)nc(-c3ccc(-c4cccc5c4sc4c(-c6ccccc6)cccc45)cc3)n2)c([2H])c1. The molecule has 0 aliphatic rings. The third-order valence-corrected chi connectivity index (χ3v) is 12.5. The van der Waals surface area contributed by atoms with E-state index in [2.05, 4.69) is 72.8 Å². The zero-order chi connectivity index (χ0) is 48.8. The van der Waals surface area contributed by atoms with E-state index in [1.54, 1.807) is 28.0 Å². The zero-order valence-electron chi connectivity index (χ0n) is 41.8. The van der Waals surface area contributed by atoms with Crippen LogP contribution in [0.1, 0.15) is 12.3 Å². The normalized spacial score (nSPS) is 13.6. The van der Waals surface area contributed by atoms with Crippen molar-refractivity contribution >= 4 is 53.3 Å². The van der Waals surface area contributed by atoms with E-state index >= 15 is 0 Å². The molecular formula is C57H36N4S. The Morgan fingerprint density at radius 1 is 0.355 bits per heavy atom. The summed E-state index contributed by atoms with van der Waals surface area (Å²) in [6.45, 7) is 0. The van der Waals surface area contributed by atoms with Crippen molar-refractivity contribution in [3.8, 4) is 73.2 Å². The predicted octanol–water partition coefficient (Wildman–Crippen LogP) is 15.3. The Labute approximate surface area is 375 Å². The lowest BCUT2D eigenvalue weighted by atomic mass is 9.99. The maximum absolute atomic E-state index is 9.63. The Morgan fingerprint density at radius 3 is 1.61 bits per heavy atom. The van der Waals surface area contributed by atoms with E-state index in [-0.39, 0.29) is 87.1 Å². The van der Waals surface area contributed by atoms with Gasteiger partial charge in [-0.05, 0) is 63.6 Å². The van der Waals surface area contributed by atoms with Gasteiger partial charge in [-0.3, -0.25) is 0 Å². The summed E-state index contributed by atoms with van der Waals surface area (Å²) in [6, 6.07) is 49.5. The van der Waals surface area contributed by atoms with Gasteiger partial charge in [-0.2, -0.15) is 0 Å². The summed E-state index contributed by atoms with van der Waals surface area (Å²) in [5, 5.41) is 2.48. The second-order valence-electron chi connectivity index (χ2n) is 14.8. The van der Waals surface area contributed by atoms with Crippen LogP contribution in [0.25, 0.3) is 115 Å². The van der Waals surface area contributed by atoms with Crippen molar-refractivity contribution in [1.29, 1.82) is 0 Å². The molecule has 3 heterocycles. The number of para-hydroxylation sites is 2. The maximum Gasteiger partial charge on any atom is 0.166 e. The number of rotatable bonds is 7. The molecule has 0 amide bonds. The smallest absolute Gasteiger partial charge is 0.166 e. The monoisotopic (exact) mass is 817 g/mol. The van der Waals surface area contributed by atoms with Crippen molar-refractivity contribution in [2.75, 3.05) is 0 Å². The van der Waals surface area contributed by atoms with E-state index < -0.39 is 6.04 Å². The number of hydrogen-bond donors (Lipinski definition) is 0. The fraction of sp³-hybridized carbons (Fsp3) is 0. The van der Waals surface area contributed by atoms with Crippen LogP contribution < -0.4 is 0 Å². The fourth-order valence-corrected chi connectivity index (χ4v) is 9.65. The minimum atomic E-state index is -0.439. The van der Waals surface area contributed by atoms with Gasteiger partial charge in [0.05, 0.1) is 29.1 Å². The molecule has 0 spiro atoms. The molecule has 0 N–H and O–H groups in total. The largest absolute Gasteiger partial charge is 0.309 e. The van der Waals surface area contributed by atoms with Crippen LogP contribution in [0.5, 0.6) is 0 Å². The summed E-state index contributed by atoms with van der Waals surface area (Å²) in [7, 11) is 0. The Hall–Kier alpha value is -7.99. The molecular weight excluding hydrogens is 773 g/mol. The fourth-order valence-electron chi connectivity index (χ4n) is 8.27. The van der Waals surface area contributed by atoms with Gasteiger partial charge >= 0.3 is 0 Å². The molecule has 0 aliphatic carbocycles. The molecule has 5 heteroatoms. The molecule has 0 saturated carbocycles. The Bertz CT molecular complexity index is 4140. The first kappa shape index (κ1) is 27.7. The zero-order valence-corrected chi connectivity index (χ0v) is 33.6. The molecule has 0 fully saturated rings. The van der Waals surface area contributed by atoms with Crippen molar-refractivity contribution in [3.63, 3.8) is 0 Å². The van der Waals surface area contributed by atoms with E-state index in [1.807, 2.05) is 60.7 Å². The first-order valence-electron chi connectivity index (χ1n) is 24.6. The standard InChI is InChI=1S/C57H36N4S/c1-4-16-37(17-5-1)42-34-35-52-49(36-42)45-22-10-12-28-50(45)61(52)51-29-13-11-23-48(51)57-59-55(40-20-8-3-9-21-40)58-56(60-57)41-32-30-39(31-33-41)44-25-15-27-47-46-26-14-24-43(53(46)62-54(44)47)38-18-6-2-7-19-38/h1-36H/i1D,10D,16D,17D,22D,28D,34D,35D,36D. The van der Waals surface area contributed by atoms with Crippen LogP contribution in [-0.2, 0) is 0 Å². The quantitative estimate of drug-likeness (QED) is 0.161. The molecule has 0 aliphatic heterocycles. The van der Waals surface area contributed by atoms with Crippen LogP contribution >= 0.6 is 11.3 Å². The van der Waals surface area contributed by atoms with Gasteiger partial charge in [-0.15, -0.1) is 11.3 Å². The molecule has 0 unspecified atom stereocenters. The van der Waals surface area contributed by atoms with Crippen molar-refractivity contribution in [3.05, 3.63) is 218 Å². The topological polar surface area (TPSA) is 43.6 Å². The molecule has 9 aromatic carbocycles. The second-order valence-corrected chi connectivity index (χ2v) is 15.8. The number of thiophene rings is 1. The Morgan fingerprint density at radius 2 is 0.903 bits per heavy atom. The molecule has 0 bridgehead atoms. The van der Waals surface area contributed by atoms with Crippen molar-refractivity contribution < 1.29 is 12.3 Å². The van der Waals surface area contributed by atoms with Crippen molar-refractivity contribution in [2.24, 2.45) is 0 Å². The molecule has 3 aromatic heterocycles. The van der Waals surface area contributed by atoms with E-state index in [0.29, 0.717) is 22.9 Å². The maximum atomic E-state index is 9.63. The predicted molar refractivity (Wildman–Crippen MR) is 260 cm³/mol. The summed E-state index contributed by atoms with van der Waals surface area (Å²) < 4.78 is 85.1. The average Bonchev–Trinajstić information content (AvgIpc) is 3.96. The molecule has 62 heavy (non-hydrogen) atoms. The van der Waals surface area contributed by atoms with E-state index in [0.717, 1.165) is 22.3 Å². The number of fused-ring (bicyclic) bond motifs is 6. The van der Waals surface area contributed by atoms with Crippen LogP contribution in [0.3, 0.4) is 0 Å². The summed E-state index contributed by atoms with van der Waals surface area (Å²) in [6.07, 6.45) is 0. The van der Waals surface area contributed by atoms with Crippen LogP contribution in [0, 0.1) is 0 Å². The van der Waals surface area contributed by atoms with Crippen molar-refractivity contribution in [1.82, 2.24) is 19.5 Å². The molecule has 0 saturated heterocycles. The summed E-state index contributed by atoms with van der Waals surface area (Å²) >= 11 is 1.79. The number of benzene rings is 9. The highest BCUT2D eigenvalue weighted by atomic mass is 32.1. The summed E-state index contributed by atoms with van der Waals surface area (Å²) in [4.78, 5) is 15.2. The highest BCUT2D eigenvalue weighted by Gasteiger charge is 2.20.